The normalized spacial score (nSPS) is 11.4. The molecule has 7 nitrogen and oxygen atoms in total. The number of nitrogens with zero attached hydrogens (tertiary/aromatic N) is 2. The van der Waals surface area contributed by atoms with E-state index in [2.05, 4.69) is 48.7 Å². The van der Waals surface area contributed by atoms with E-state index in [4.69, 9.17) is 14.9 Å². The average Bonchev–Trinajstić information content (AvgIpc) is 2.83. The Morgan fingerprint density at radius 3 is 1.38 bits per heavy atom. The molecule has 3 N–H and O–H groups in total. The third-order valence-corrected chi connectivity index (χ3v) is 4.97. The lowest BCUT2D eigenvalue weighted by atomic mass is 10.2. The van der Waals surface area contributed by atoms with Gasteiger partial charge in [-0.25, -0.2) is 10.9 Å². The monoisotopic (exact) mass is 437 g/mol. The molecule has 0 amide bonds. The van der Waals surface area contributed by atoms with Crippen LogP contribution in [0.3, 0.4) is 0 Å². The van der Waals surface area contributed by atoms with E-state index >= 15 is 0 Å². The van der Waals surface area contributed by atoms with Crippen molar-refractivity contribution >= 4 is 18.4 Å². The Kier molecular flexibility index (Phi) is 10.8. The van der Waals surface area contributed by atoms with Gasteiger partial charge in [0.1, 0.15) is 11.5 Å². The molecule has 0 unspecified atom stereocenters. The molecule has 172 valence electrons. The van der Waals surface area contributed by atoms with Crippen LogP contribution in [0.25, 0.3) is 0 Å². The number of nitrogens with one attached hydrogen (secondary N) is 3. The molecule has 0 spiro atoms. The average molecular weight is 438 g/mol. The maximum absolute atomic E-state index is 7.84. The molecule has 0 fully saturated rings. The summed E-state index contributed by atoms with van der Waals surface area (Å²) in [6, 6.07) is 15.4. The number of guanidine groups is 1. The predicted octanol–water partition coefficient (Wildman–Crippen LogP) is 5.30. The molecule has 0 radical (unpaired) electrons. The summed E-state index contributed by atoms with van der Waals surface area (Å²) in [5, 5.41) is 15.9. The second kappa shape index (κ2) is 13.9. The third kappa shape index (κ3) is 8.79. The maximum atomic E-state index is 7.84. The van der Waals surface area contributed by atoms with Crippen molar-refractivity contribution in [3.63, 3.8) is 0 Å². The molecule has 2 rings (SSSR count). The van der Waals surface area contributed by atoms with Crippen LogP contribution in [0.5, 0.6) is 11.5 Å². The number of hydrogen-bond acceptors (Lipinski definition) is 5. The zero-order valence-electron chi connectivity index (χ0n) is 19.5. The molecule has 0 bridgehead atoms. The Morgan fingerprint density at radius 1 is 0.719 bits per heavy atom. The van der Waals surface area contributed by atoms with Crippen molar-refractivity contribution in [2.75, 3.05) is 0 Å². The van der Waals surface area contributed by atoms with E-state index in [1.54, 1.807) is 12.4 Å². The van der Waals surface area contributed by atoms with Crippen LogP contribution in [-0.2, 0) is 0 Å². The molecule has 32 heavy (non-hydrogen) atoms. The Morgan fingerprint density at radius 2 is 1.06 bits per heavy atom. The quantitative estimate of drug-likeness (QED) is 0.239. The van der Waals surface area contributed by atoms with Gasteiger partial charge in [0.25, 0.3) is 0 Å². The Labute approximate surface area is 191 Å². The molecule has 2 aromatic rings. The van der Waals surface area contributed by atoms with Gasteiger partial charge in [-0.15, -0.1) is 0 Å². The Bertz CT molecular complexity index is 783. The highest BCUT2D eigenvalue weighted by Crippen LogP contribution is 2.16. The summed E-state index contributed by atoms with van der Waals surface area (Å²) >= 11 is 0. The second-order valence-electron chi connectivity index (χ2n) is 7.37. The molecule has 0 aliphatic carbocycles. The predicted molar refractivity (Wildman–Crippen MR) is 132 cm³/mol. The van der Waals surface area contributed by atoms with Crippen LogP contribution in [0.2, 0.25) is 0 Å². The molecule has 0 saturated carbocycles. The zero-order valence-corrected chi connectivity index (χ0v) is 19.5. The van der Waals surface area contributed by atoms with Crippen LogP contribution in [0.1, 0.15) is 64.5 Å². The highest BCUT2D eigenvalue weighted by Gasteiger charge is 2.05. The van der Waals surface area contributed by atoms with E-state index in [1.807, 2.05) is 48.5 Å². The van der Waals surface area contributed by atoms with Crippen molar-refractivity contribution in [3.05, 3.63) is 59.7 Å². The van der Waals surface area contributed by atoms with Crippen molar-refractivity contribution < 1.29 is 9.47 Å². The van der Waals surface area contributed by atoms with Crippen molar-refractivity contribution in [3.8, 4) is 11.5 Å². The van der Waals surface area contributed by atoms with Crippen LogP contribution in [-0.4, -0.2) is 30.6 Å². The Hall–Kier alpha value is -3.35. The summed E-state index contributed by atoms with van der Waals surface area (Å²) in [4.78, 5) is 0. The fourth-order valence-corrected chi connectivity index (χ4v) is 2.93. The van der Waals surface area contributed by atoms with Crippen molar-refractivity contribution in [1.29, 1.82) is 5.41 Å². The SMILES string of the molecule is CCC(CC)Oc1ccc(/C=N/NC(=N)N/N=C/c2ccc(OC(CC)CC)cc2)cc1. The van der Waals surface area contributed by atoms with Crippen LogP contribution in [0.4, 0.5) is 0 Å². The molecule has 2 aromatic carbocycles. The summed E-state index contributed by atoms with van der Waals surface area (Å²) in [6.45, 7) is 8.48. The summed E-state index contributed by atoms with van der Waals surface area (Å²) < 4.78 is 11.8. The van der Waals surface area contributed by atoms with Crippen LogP contribution >= 0.6 is 0 Å². The standard InChI is InChI=1S/C25H35N5O2/c1-5-21(6-2)31-23-13-9-19(10-14-23)17-27-29-25(26)30-28-18-20-11-15-24(16-12-20)32-22(7-3)8-4/h9-18,21-22H,5-8H2,1-4H3,(H3,26,29,30)/b27-17+,28-18+. The lowest BCUT2D eigenvalue weighted by Gasteiger charge is -2.15. The molecule has 0 saturated heterocycles. The first-order valence-electron chi connectivity index (χ1n) is 11.3. The lowest BCUT2D eigenvalue weighted by Crippen LogP contribution is -2.29. The van der Waals surface area contributed by atoms with Gasteiger partial charge in [0, 0.05) is 0 Å². The van der Waals surface area contributed by atoms with Gasteiger partial charge in [-0.05, 0) is 85.3 Å². The minimum atomic E-state index is -0.0279. The maximum Gasteiger partial charge on any atom is 0.230 e. The summed E-state index contributed by atoms with van der Waals surface area (Å²) in [5.41, 5.74) is 7.01. The molecule has 0 aliphatic heterocycles. The van der Waals surface area contributed by atoms with E-state index in [1.165, 1.54) is 0 Å². The number of ether oxygens (including phenoxy) is 2. The van der Waals surface area contributed by atoms with E-state index < -0.39 is 0 Å². The number of hydrazone groups is 2. The van der Waals surface area contributed by atoms with Crippen molar-refractivity contribution in [2.24, 2.45) is 10.2 Å². The molecule has 7 heteroatoms. The summed E-state index contributed by atoms with van der Waals surface area (Å²) in [5.74, 6) is 1.67. The van der Waals surface area contributed by atoms with E-state index in [0.717, 1.165) is 48.3 Å². The topological polar surface area (TPSA) is 91.1 Å². The van der Waals surface area contributed by atoms with E-state index in [-0.39, 0.29) is 18.2 Å². The minimum Gasteiger partial charge on any atom is -0.490 e. The molecule has 0 aliphatic rings. The van der Waals surface area contributed by atoms with Gasteiger partial charge in [-0.2, -0.15) is 10.2 Å². The molecular weight excluding hydrogens is 402 g/mol. The fourth-order valence-electron chi connectivity index (χ4n) is 2.93. The first-order valence-corrected chi connectivity index (χ1v) is 11.3. The zero-order chi connectivity index (χ0) is 23.2. The number of hydrogen-bond donors (Lipinski definition) is 3. The molecule has 0 heterocycles. The first-order chi connectivity index (χ1) is 15.6. The Balaban J connectivity index is 1.75. The van der Waals surface area contributed by atoms with E-state index in [0.29, 0.717) is 0 Å². The van der Waals surface area contributed by atoms with Gasteiger partial charge >= 0.3 is 0 Å². The minimum absolute atomic E-state index is 0.0279. The molecule has 0 atom stereocenters. The van der Waals surface area contributed by atoms with E-state index in [9.17, 15) is 0 Å². The molecular formula is C25H35N5O2. The van der Waals surface area contributed by atoms with Gasteiger partial charge in [-0.1, -0.05) is 27.7 Å². The summed E-state index contributed by atoms with van der Waals surface area (Å²) in [7, 11) is 0. The smallest absolute Gasteiger partial charge is 0.230 e. The van der Waals surface area contributed by atoms with Crippen molar-refractivity contribution in [1.82, 2.24) is 10.9 Å². The highest BCUT2D eigenvalue weighted by molar-refractivity contribution is 5.84. The summed E-state index contributed by atoms with van der Waals surface area (Å²) in [6.07, 6.45) is 7.70. The molecule has 0 aromatic heterocycles. The first kappa shape index (κ1) is 24.9. The van der Waals surface area contributed by atoms with Crippen LogP contribution in [0.15, 0.2) is 58.7 Å². The van der Waals surface area contributed by atoms with Gasteiger partial charge < -0.3 is 9.47 Å². The van der Waals surface area contributed by atoms with Gasteiger partial charge in [0.05, 0.1) is 24.6 Å². The number of rotatable bonds is 12. The van der Waals surface area contributed by atoms with Crippen molar-refractivity contribution in [2.45, 2.75) is 65.6 Å². The van der Waals surface area contributed by atoms with Gasteiger partial charge in [0.15, 0.2) is 0 Å². The number of benzene rings is 2. The second-order valence-corrected chi connectivity index (χ2v) is 7.37. The lowest BCUT2D eigenvalue weighted by molar-refractivity contribution is 0.192. The van der Waals surface area contributed by atoms with Gasteiger partial charge in [0.2, 0.25) is 5.96 Å². The largest absolute Gasteiger partial charge is 0.490 e. The van der Waals surface area contributed by atoms with Gasteiger partial charge in [-0.3, -0.25) is 5.41 Å². The van der Waals surface area contributed by atoms with Crippen LogP contribution < -0.4 is 20.3 Å². The fraction of sp³-hybridized carbons (Fsp3) is 0.400. The van der Waals surface area contributed by atoms with Crippen LogP contribution in [0, 0.1) is 5.41 Å². The third-order valence-electron chi connectivity index (χ3n) is 4.97. The highest BCUT2D eigenvalue weighted by atomic mass is 16.5.